The van der Waals surface area contributed by atoms with Gasteiger partial charge in [-0.15, -0.1) is 0 Å². The number of hydrogen-bond acceptors (Lipinski definition) is 5. The van der Waals surface area contributed by atoms with Gasteiger partial charge in [0.1, 0.15) is 11.6 Å². The fourth-order valence-corrected chi connectivity index (χ4v) is 1.84. The molecule has 2 aromatic rings. The van der Waals surface area contributed by atoms with E-state index in [9.17, 15) is 0 Å². The van der Waals surface area contributed by atoms with E-state index in [1.807, 2.05) is 18.2 Å². The molecule has 0 fully saturated rings. The van der Waals surface area contributed by atoms with Crippen LogP contribution in [-0.2, 0) is 0 Å². The van der Waals surface area contributed by atoms with E-state index >= 15 is 0 Å². The molecule has 2 N–H and O–H groups in total. The molecule has 5 nitrogen and oxygen atoms in total. The highest BCUT2D eigenvalue weighted by Gasteiger charge is 2.11. The highest BCUT2D eigenvalue weighted by Crippen LogP contribution is 2.30. The third-order valence-electron chi connectivity index (χ3n) is 2.17. The number of anilines is 1. The molecule has 0 bridgehead atoms. The molecule has 0 aliphatic carbocycles. The molecule has 0 atom stereocenters. The molecule has 1 aromatic heterocycles. The number of nitrogens with zero attached hydrogens (tertiary/aromatic N) is 3. The normalized spacial score (nSPS) is 10.3. The van der Waals surface area contributed by atoms with Gasteiger partial charge in [-0.05, 0) is 25.1 Å². The van der Waals surface area contributed by atoms with Crippen LogP contribution in [0.2, 0.25) is 0 Å². The Kier molecular flexibility index (Phi) is 3.23. The molecule has 1 aromatic carbocycles. The lowest BCUT2D eigenvalue weighted by Gasteiger charge is -2.08. The van der Waals surface area contributed by atoms with Gasteiger partial charge in [-0.3, -0.25) is 0 Å². The van der Waals surface area contributed by atoms with Gasteiger partial charge < -0.3 is 10.5 Å². The van der Waals surface area contributed by atoms with Gasteiger partial charge in [0.15, 0.2) is 5.82 Å². The second-order valence-corrected chi connectivity index (χ2v) is 4.32. The van der Waals surface area contributed by atoms with E-state index in [-0.39, 0.29) is 5.95 Å². The van der Waals surface area contributed by atoms with Crippen LogP contribution in [0, 0.1) is 6.92 Å². The Morgan fingerprint density at radius 3 is 2.65 bits per heavy atom. The smallest absolute Gasteiger partial charge is 0.223 e. The molecule has 17 heavy (non-hydrogen) atoms. The minimum Gasteiger partial charge on any atom is -0.496 e. The van der Waals surface area contributed by atoms with Gasteiger partial charge in [-0.1, -0.05) is 15.9 Å². The van der Waals surface area contributed by atoms with Crippen LogP contribution < -0.4 is 10.5 Å². The van der Waals surface area contributed by atoms with E-state index in [4.69, 9.17) is 10.5 Å². The summed E-state index contributed by atoms with van der Waals surface area (Å²) in [6.07, 6.45) is 0. The third kappa shape index (κ3) is 2.52. The predicted molar refractivity (Wildman–Crippen MR) is 68.7 cm³/mol. The lowest BCUT2D eigenvalue weighted by molar-refractivity contribution is 0.416. The number of aromatic nitrogens is 3. The molecule has 1 heterocycles. The molecular weight excluding hydrogens is 284 g/mol. The van der Waals surface area contributed by atoms with Gasteiger partial charge in [0.25, 0.3) is 0 Å². The van der Waals surface area contributed by atoms with Gasteiger partial charge in [-0.2, -0.15) is 9.97 Å². The molecule has 0 saturated heterocycles. The first-order valence-corrected chi connectivity index (χ1v) is 5.71. The number of nitrogens with two attached hydrogens (primary N) is 1. The van der Waals surface area contributed by atoms with Crippen molar-refractivity contribution in [1.82, 2.24) is 15.0 Å². The number of rotatable bonds is 2. The summed E-state index contributed by atoms with van der Waals surface area (Å²) in [5, 5.41) is 0. The van der Waals surface area contributed by atoms with Crippen LogP contribution in [0.5, 0.6) is 5.75 Å². The first kappa shape index (κ1) is 11.8. The molecule has 0 aliphatic heterocycles. The molecule has 0 amide bonds. The number of hydrogen-bond donors (Lipinski definition) is 1. The summed E-state index contributed by atoms with van der Waals surface area (Å²) in [5.41, 5.74) is 6.39. The maximum atomic E-state index is 5.61. The quantitative estimate of drug-likeness (QED) is 0.919. The van der Waals surface area contributed by atoms with Crippen molar-refractivity contribution >= 4 is 21.9 Å². The van der Waals surface area contributed by atoms with E-state index in [1.54, 1.807) is 14.0 Å². The Morgan fingerprint density at radius 2 is 2.00 bits per heavy atom. The first-order chi connectivity index (χ1) is 8.10. The Hall–Kier alpha value is -1.69. The van der Waals surface area contributed by atoms with Crippen molar-refractivity contribution in [3.8, 4) is 17.1 Å². The molecular formula is C11H11BrN4O. The summed E-state index contributed by atoms with van der Waals surface area (Å²) in [6.45, 7) is 1.77. The maximum Gasteiger partial charge on any atom is 0.223 e. The third-order valence-corrected chi connectivity index (χ3v) is 2.66. The van der Waals surface area contributed by atoms with E-state index in [1.165, 1.54) is 0 Å². The average molecular weight is 295 g/mol. The Balaban J connectivity index is 2.62. The average Bonchev–Trinajstić information content (AvgIpc) is 2.27. The highest BCUT2D eigenvalue weighted by molar-refractivity contribution is 9.10. The van der Waals surface area contributed by atoms with Crippen LogP contribution in [0.4, 0.5) is 5.95 Å². The van der Waals surface area contributed by atoms with Crippen LogP contribution in [0.1, 0.15) is 5.82 Å². The number of halogens is 1. The van der Waals surface area contributed by atoms with Crippen LogP contribution in [0.25, 0.3) is 11.4 Å². The van der Waals surface area contributed by atoms with Crippen molar-refractivity contribution in [3.63, 3.8) is 0 Å². The van der Waals surface area contributed by atoms with Crippen molar-refractivity contribution in [2.24, 2.45) is 0 Å². The van der Waals surface area contributed by atoms with Crippen molar-refractivity contribution in [2.45, 2.75) is 6.92 Å². The minimum absolute atomic E-state index is 0.203. The molecule has 0 spiro atoms. The second-order valence-electron chi connectivity index (χ2n) is 3.41. The zero-order valence-corrected chi connectivity index (χ0v) is 11.0. The number of nitrogen functional groups attached to an aromatic ring is 1. The van der Waals surface area contributed by atoms with E-state index in [0.717, 1.165) is 10.0 Å². The van der Waals surface area contributed by atoms with E-state index in [2.05, 4.69) is 30.9 Å². The summed E-state index contributed by atoms with van der Waals surface area (Å²) >= 11 is 3.40. The Labute approximate surface area is 107 Å². The molecule has 6 heteroatoms. The van der Waals surface area contributed by atoms with Crippen molar-refractivity contribution in [1.29, 1.82) is 0 Å². The standard InChI is InChI=1S/C11H11BrN4O/c1-6-14-10(16-11(13)15-6)8-5-7(12)3-4-9(8)17-2/h3-5H,1-2H3,(H2,13,14,15,16). The van der Waals surface area contributed by atoms with Gasteiger partial charge in [0.2, 0.25) is 5.95 Å². The van der Waals surface area contributed by atoms with Crippen molar-refractivity contribution in [3.05, 3.63) is 28.5 Å². The summed E-state index contributed by atoms with van der Waals surface area (Å²) in [6, 6.07) is 5.61. The lowest BCUT2D eigenvalue weighted by atomic mass is 10.2. The highest BCUT2D eigenvalue weighted by atomic mass is 79.9. The number of ether oxygens (including phenoxy) is 1. The topological polar surface area (TPSA) is 73.9 Å². The summed E-state index contributed by atoms with van der Waals surface area (Å²) in [7, 11) is 1.60. The lowest BCUT2D eigenvalue weighted by Crippen LogP contribution is -2.02. The molecule has 0 radical (unpaired) electrons. The SMILES string of the molecule is COc1ccc(Br)cc1-c1nc(C)nc(N)n1. The van der Waals surface area contributed by atoms with E-state index < -0.39 is 0 Å². The van der Waals surface area contributed by atoms with Gasteiger partial charge in [0.05, 0.1) is 12.7 Å². The van der Waals surface area contributed by atoms with E-state index in [0.29, 0.717) is 17.4 Å². The Bertz CT molecular complexity index is 539. The monoisotopic (exact) mass is 294 g/mol. The fraction of sp³-hybridized carbons (Fsp3) is 0.182. The number of aryl methyl sites for hydroxylation is 1. The summed E-state index contributed by atoms with van der Waals surface area (Å²) in [5.74, 6) is 1.98. The zero-order chi connectivity index (χ0) is 12.4. The van der Waals surface area contributed by atoms with Crippen molar-refractivity contribution in [2.75, 3.05) is 12.8 Å². The van der Waals surface area contributed by atoms with Crippen LogP contribution in [-0.4, -0.2) is 22.1 Å². The maximum absolute atomic E-state index is 5.61. The van der Waals surface area contributed by atoms with Crippen LogP contribution >= 0.6 is 15.9 Å². The van der Waals surface area contributed by atoms with Crippen LogP contribution in [0.15, 0.2) is 22.7 Å². The molecule has 0 unspecified atom stereocenters. The number of methoxy groups -OCH3 is 1. The van der Waals surface area contributed by atoms with Crippen molar-refractivity contribution < 1.29 is 4.74 Å². The Morgan fingerprint density at radius 1 is 1.24 bits per heavy atom. The van der Waals surface area contributed by atoms with Crippen LogP contribution in [0.3, 0.4) is 0 Å². The van der Waals surface area contributed by atoms with Gasteiger partial charge >= 0.3 is 0 Å². The second kappa shape index (κ2) is 4.67. The molecule has 0 saturated carbocycles. The summed E-state index contributed by atoms with van der Waals surface area (Å²) < 4.78 is 6.19. The predicted octanol–water partition coefficient (Wildman–Crippen LogP) is 2.20. The molecule has 88 valence electrons. The van der Waals surface area contributed by atoms with Gasteiger partial charge in [-0.25, -0.2) is 4.98 Å². The zero-order valence-electron chi connectivity index (χ0n) is 9.44. The fourth-order valence-electron chi connectivity index (χ4n) is 1.48. The molecule has 0 aliphatic rings. The molecule has 2 rings (SSSR count). The largest absolute Gasteiger partial charge is 0.496 e. The first-order valence-electron chi connectivity index (χ1n) is 4.92. The minimum atomic E-state index is 0.203. The number of benzene rings is 1. The summed E-state index contributed by atoms with van der Waals surface area (Å²) in [4.78, 5) is 12.3. The van der Waals surface area contributed by atoms with Gasteiger partial charge in [0, 0.05) is 4.47 Å².